The van der Waals surface area contributed by atoms with E-state index in [2.05, 4.69) is 5.32 Å². The fourth-order valence-corrected chi connectivity index (χ4v) is 1.95. The van der Waals surface area contributed by atoms with E-state index in [1.54, 1.807) is 0 Å². The number of hydrogen-bond acceptors (Lipinski definition) is 4. The largest absolute Gasteiger partial charge is 0.459 e. The summed E-state index contributed by atoms with van der Waals surface area (Å²) in [6, 6.07) is 6.65. The maximum atomic E-state index is 13.3. The van der Waals surface area contributed by atoms with Gasteiger partial charge in [0.15, 0.2) is 5.76 Å². The Kier molecular flexibility index (Phi) is 2.94. The molecule has 0 fully saturated rings. The third-order valence-electron chi connectivity index (χ3n) is 2.86. The monoisotopic (exact) mass is 288 g/mol. The molecule has 0 bridgehead atoms. The highest BCUT2D eigenvalue weighted by Gasteiger charge is 2.22. The number of furan rings is 2. The molecule has 0 saturated heterocycles. The molecule has 0 aliphatic rings. The van der Waals surface area contributed by atoms with E-state index in [0.29, 0.717) is 0 Å². The summed E-state index contributed by atoms with van der Waals surface area (Å²) in [5, 5.41) is 2.69. The number of hydrogen-bond donors (Lipinski definition) is 2. The highest BCUT2D eigenvalue weighted by Crippen LogP contribution is 2.31. The van der Waals surface area contributed by atoms with Crippen LogP contribution in [0.25, 0.3) is 11.0 Å². The van der Waals surface area contributed by atoms with Crippen LogP contribution < -0.4 is 11.1 Å². The Morgan fingerprint density at radius 2 is 2.05 bits per heavy atom. The third kappa shape index (κ3) is 2.25. The number of rotatable bonds is 3. The summed E-state index contributed by atoms with van der Waals surface area (Å²) in [6.45, 7) is 0. The molecular weight excluding hydrogens is 279 g/mol. The van der Waals surface area contributed by atoms with Gasteiger partial charge >= 0.3 is 0 Å². The second-order valence-electron chi connectivity index (χ2n) is 4.24. The molecular formula is C14H9FN2O4. The minimum absolute atomic E-state index is 0.0124. The number of amides is 2. The van der Waals surface area contributed by atoms with Crippen LogP contribution in [0.1, 0.15) is 21.1 Å². The fraction of sp³-hybridized carbons (Fsp3) is 0. The van der Waals surface area contributed by atoms with Crippen molar-refractivity contribution >= 4 is 28.5 Å². The first-order valence-corrected chi connectivity index (χ1v) is 5.93. The second kappa shape index (κ2) is 4.78. The van der Waals surface area contributed by atoms with E-state index in [1.165, 1.54) is 30.5 Å². The molecule has 0 aliphatic carbocycles. The molecule has 0 unspecified atom stereocenters. The number of nitrogens with two attached hydrogens (primary N) is 1. The molecule has 0 spiro atoms. The van der Waals surface area contributed by atoms with Gasteiger partial charge < -0.3 is 19.9 Å². The highest BCUT2D eigenvalue weighted by atomic mass is 19.1. The molecule has 2 aromatic heterocycles. The van der Waals surface area contributed by atoms with Crippen molar-refractivity contribution in [3.63, 3.8) is 0 Å². The molecule has 3 rings (SSSR count). The quantitative estimate of drug-likeness (QED) is 0.773. The van der Waals surface area contributed by atoms with Crippen molar-refractivity contribution in [3.8, 4) is 0 Å². The van der Waals surface area contributed by atoms with E-state index < -0.39 is 17.6 Å². The lowest BCUT2D eigenvalue weighted by Gasteiger charge is -2.02. The Balaban J connectivity index is 2.11. The number of fused-ring (bicyclic) bond motifs is 1. The lowest BCUT2D eigenvalue weighted by Crippen LogP contribution is -2.16. The average Bonchev–Trinajstić information content (AvgIpc) is 3.07. The zero-order chi connectivity index (χ0) is 15.0. The van der Waals surface area contributed by atoms with Crippen molar-refractivity contribution in [2.75, 3.05) is 5.32 Å². The normalized spacial score (nSPS) is 10.7. The van der Waals surface area contributed by atoms with Crippen molar-refractivity contribution in [1.29, 1.82) is 0 Å². The van der Waals surface area contributed by atoms with Crippen LogP contribution >= 0.6 is 0 Å². The number of carbonyl (C=O) groups is 2. The van der Waals surface area contributed by atoms with E-state index in [1.807, 2.05) is 0 Å². The van der Waals surface area contributed by atoms with Crippen molar-refractivity contribution in [2.24, 2.45) is 5.73 Å². The second-order valence-corrected chi connectivity index (χ2v) is 4.24. The fourth-order valence-electron chi connectivity index (χ4n) is 1.95. The zero-order valence-electron chi connectivity index (χ0n) is 10.6. The minimum atomic E-state index is -0.874. The third-order valence-corrected chi connectivity index (χ3v) is 2.86. The van der Waals surface area contributed by atoms with Gasteiger partial charge in [-0.15, -0.1) is 0 Å². The van der Waals surface area contributed by atoms with Crippen LogP contribution in [-0.4, -0.2) is 11.8 Å². The number of halogens is 1. The first-order valence-electron chi connectivity index (χ1n) is 5.93. The van der Waals surface area contributed by atoms with Crippen LogP contribution in [0.15, 0.2) is 45.4 Å². The van der Waals surface area contributed by atoms with Gasteiger partial charge in [0.2, 0.25) is 5.76 Å². The molecule has 21 heavy (non-hydrogen) atoms. The van der Waals surface area contributed by atoms with Crippen LogP contribution in [0.4, 0.5) is 10.1 Å². The van der Waals surface area contributed by atoms with Crippen LogP contribution in [0.5, 0.6) is 0 Å². The molecule has 0 radical (unpaired) electrons. The lowest BCUT2D eigenvalue weighted by molar-refractivity contribution is 0.0977. The molecule has 0 aliphatic heterocycles. The van der Waals surface area contributed by atoms with Gasteiger partial charge in [-0.25, -0.2) is 4.39 Å². The average molecular weight is 288 g/mol. The van der Waals surface area contributed by atoms with Crippen molar-refractivity contribution in [3.05, 3.63) is 53.9 Å². The molecule has 3 N–H and O–H groups in total. The van der Waals surface area contributed by atoms with Gasteiger partial charge in [-0.05, 0) is 30.3 Å². The molecule has 106 valence electrons. The smallest absolute Gasteiger partial charge is 0.291 e. The predicted molar refractivity (Wildman–Crippen MR) is 71.4 cm³/mol. The Bertz CT molecular complexity index is 836. The van der Waals surface area contributed by atoms with Crippen molar-refractivity contribution in [1.82, 2.24) is 0 Å². The van der Waals surface area contributed by atoms with Gasteiger partial charge in [0.25, 0.3) is 11.8 Å². The van der Waals surface area contributed by atoms with Gasteiger partial charge in [-0.2, -0.15) is 0 Å². The van der Waals surface area contributed by atoms with Crippen LogP contribution in [0.3, 0.4) is 0 Å². The van der Waals surface area contributed by atoms with Crippen LogP contribution in [0, 0.1) is 5.82 Å². The summed E-state index contributed by atoms with van der Waals surface area (Å²) >= 11 is 0. The van der Waals surface area contributed by atoms with Gasteiger partial charge in [0.1, 0.15) is 17.1 Å². The number of benzene rings is 1. The Morgan fingerprint density at radius 3 is 2.71 bits per heavy atom. The van der Waals surface area contributed by atoms with Crippen LogP contribution in [-0.2, 0) is 0 Å². The van der Waals surface area contributed by atoms with E-state index in [-0.39, 0.29) is 28.2 Å². The summed E-state index contributed by atoms with van der Waals surface area (Å²) < 4.78 is 23.5. The lowest BCUT2D eigenvalue weighted by atomic mass is 10.2. The number of nitrogens with one attached hydrogen (secondary N) is 1. The first-order chi connectivity index (χ1) is 10.1. The SMILES string of the molecule is NC(=O)c1oc2ccc(F)cc2c1NC(=O)c1ccco1. The van der Waals surface area contributed by atoms with Gasteiger partial charge in [0, 0.05) is 5.39 Å². The number of anilines is 1. The molecule has 2 heterocycles. The van der Waals surface area contributed by atoms with E-state index in [9.17, 15) is 14.0 Å². The first kappa shape index (κ1) is 12.9. The van der Waals surface area contributed by atoms with Gasteiger partial charge in [0.05, 0.1) is 6.26 Å². The van der Waals surface area contributed by atoms with Crippen molar-refractivity contribution in [2.45, 2.75) is 0 Å². The maximum Gasteiger partial charge on any atom is 0.291 e. The molecule has 0 saturated carbocycles. The molecule has 3 aromatic rings. The molecule has 6 nitrogen and oxygen atoms in total. The van der Waals surface area contributed by atoms with Crippen molar-refractivity contribution < 1.29 is 22.8 Å². The molecule has 7 heteroatoms. The standard InChI is InChI=1S/C14H9FN2O4/c15-7-3-4-9-8(6-7)11(12(21-9)13(16)18)17-14(19)10-2-1-5-20-10/h1-6H,(H2,16,18)(H,17,19). The minimum Gasteiger partial charge on any atom is -0.459 e. The maximum absolute atomic E-state index is 13.3. The summed E-state index contributed by atoms with van der Waals surface area (Å²) in [5.41, 5.74) is 5.46. The topological polar surface area (TPSA) is 98.5 Å². The number of primary amides is 1. The van der Waals surface area contributed by atoms with Crippen LogP contribution in [0.2, 0.25) is 0 Å². The van der Waals surface area contributed by atoms with Gasteiger partial charge in [-0.3, -0.25) is 9.59 Å². The highest BCUT2D eigenvalue weighted by molar-refractivity contribution is 6.13. The Labute approximate surface area is 117 Å². The summed E-state index contributed by atoms with van der Waals surface area (Å²) in [7, 11) is 0. The predicted octanol–water partition coefficient (Wildman–Crippen LogP) is 2.52. The summed E-state index contributed by atoms with van der Waals surface area (Å²) in [4.78, 5) is 23.4. The van der Waals surface area contributed by atoms with E-state index in [0.717, 1.165) is 6.07 Å². The van der Waals surface area contributed by atoms with E-state index >= 15 is 0 Å². The van der Waals surface area contributed by atoms with Gasteiger partial charge in [-0.1, -0.05) is 0 Å². The molecule has 1 aromatic carbocycles. The number of carbonyl (C=O) groups excluding carboxylic acids is 2. The summed E-state index contributed by atoms with van der Waals surface area (Å²) in [6.07, 6.45) is 1.33. The Hall–Kier alpha value is -3.09. The molecule has 0 atom stereocenters. The summed E-state index contributed by atoms with van der Waals surface area (Å²) in [5.74, 6) is -2.23. The Morgan fingerprint density at radius 1 is 1.24 bits per heavy atom. The van der Waals surface area contributed by atoms with E-state index in [4.69, 9.17) is 14.6 Å². The zero-order valence-corrected chi connectivity index (χ0v) is 10.6. The molecule has 2 amide bonds.